The summed E-state index contributed by atoms with van der Waals surface area (Å²) in [4.78, 5) is 12.1. The van der Waals surface area contributed by atoms with E-state index in [0.29, 0.717) is 22.9 Å². The Hall–Kier alpha value is -2.11. The summed E-state index contributed by atoms with van der Waals surface area (Å²) in [6.45, 7) is 2.49. The molecule has 0 radical (unpaired) electrons. The maximum Gasteiger partial charge on any atom is 0.257 e. The lowest BCUT2D eigenvalue weighted by molar-refractivity contribution is 0.0977. The maximum atomic E-state index is 12.1. The maximum absolute atomic E-state index is 12.1. The van der Waals surface area contributed by atoms with Crippen molar-refractivity contribution in [1.82, 2.24) is 5.32 Å². The minimum absolute atomic E-state index is 0.209. The number of anilines is 1. The van der Waals surface area contributed by atoms with Crippen molar-refractivity contribution < 1.29 is 9.53 Å². The van der Waals surface area contributed by atoms with Crippen LogP contribution in [0.2, 0.25) is 5.02 Å². The number of carbonyl (C=O) groups is 1. The number of ether oxygens (including phenoxy) is 1. The molecule has 0 atom stereocenters. The van der Waals surface area contributed by atoms with Gasteiger partial charge in [0.05, 0.1) is 6.61 Å². The molecule has 0 saturated carbocycles. The predicted octanol–water partition coefficient (Wildman–Crippen LogP) is 3.87. The summed E-state index contributed by atoms with van der Waals surface area (Å²) in [7, 11) is 0. The van der Waals surface area contributed by atoms with Gasteiger partial charge in [0.2, 0.25) is 0 Å². The molecule has 22 heavy (non-hydrogen) atoms. The molecule has 0 bridgehead atoms. The van der Waals surface area contributed by atoms with Crippen LogP contribution in [0.4, 0.5) is 5.69 Å². The standard InChI is InChI=1S/C16H15ClN2O2S/c1-2-21-14-8-6-11(7-9-14)15(20)19-16(22)18-13-5-3-4-12(17)10-13/h3-10H,2H2,1H3,(H2,18,19,20,22). The first-order valence-corrected chi connectivity index (χ1v) is 7.48. The van der Waals surface area contributed by atoms with Gasteiger partial charge in [-0.3, -0.25) is 10.1 Å². The molecule has 6 heteroatoms. The minimum atomic E-state index is -0.289. The highest BCUT2D eigenvalue weighted by atomic mass is 35.5. The third kappa shape index (κ3) is 4.72. The molecule has 1 amide bonds. The van der Waals surface area contributed by atoms with Crippen LogP contribution in [0, 0.1) is 0 Å². The normalized spacial score (nSPS) is 9.91. The van der Waals surface area contributed by atoms with Crippen LogP contribution in [0.1, 0.15) is 17.3 Å². The largest absolute Gasteiger partial charge is 0.494 e. The molecule has 114 valence electrons. The third-order valence-corrected chi connectivity index (χ3v) is 3.18. The fourth-order valence-electron chi connectivity index (χ4n) is 1.77. The number of benzene rings is 2. The van der Waals surface area contributed by atoms with Crippen molar-refractivity contribution in [2.45, 2.75) is 6.92 Å². The van der Waals surface area contributed by atoms with Crippen LogP contribution in [-0.4, -0.2) is 17.6 Å². The van der Waals surface area contributed by atoms with Crippen molar-refractivity contribution >= 4 is 40.5 Å². The van der Waals surface area contributed by atoms with E-state index < -0.39 is 0 Å². The lowest BCUT2D eigenvalue weighted by Gasteiger charge is -2.10. The Balaban J connectivity index is 1.94. The van der Waals surface area contributed by atoms with E-state index in [1.165, 1.54) is 0 Å². The van der Waals surface area contributed by atoms with Gasteiger partial charge in [0.1, 0.15) is 5.75 Å². The zero-order chi connectivity index (χ0) is 15.9. The highest BCUT2D eigenvalue weighted by Crippen LogP contribution is 2.15. The number of thiocarbonyl (C=S) groups is 1. The first-order chi connectivity index (χ1) is 10.6. The van der Waals surface area contributed by atoms with Crippen LogP contribution >= 0.6 is 23.8 Å². The molecule has 0 saturated heterocycles. The quantitative estimate of drug-likeness (QED) is 0.833. The lowest BCUT2D eigenvalue weighted by Crippen LogP contribution is -2.34. The number of nitrogens with one attached hydrogen (secondary N) is 2. The van der Waals surface area contributed by atoms with E-state index in [4.69, 9.17) is 28.6 Å². The summed E-state index contributed by atoms with van der Waals surface area (Å²) >= 11 is 11.0. The predicted molar refractivity (Wildman–Crippen MR) is 92.7 cm³/mol. The van der Waals surface area contributed by atoms with Crippen LogP contribution < -0.4 is 15.4 Å². The van der Waals surface area contributed by atoms with Gasteiger partial charge in [-0.15, -0.1) is 0 Å². The van der Waals surface area contributed by atoms with Gasteiger partial charge in [-0.05, 0) is 61.6 Å². The summed E-state index contributed by atoms with van der Waals surface area (Å²) in [5.74, 6) is 0.432. The van der Waals surface area contributed by atoms with Gasteiger partial charge in [0.25, 0.3) is 5.91 Å². The molecule has 0 spiro atoms. The summed E-state index contributed by atoms with van der Waals surface area (Å²) < 4.78 is 5.33. The van der Waals surface area contributed by atoms with Crippen LogP contribution in [0.15, 0.2) is 48.5 Å². The zero-order valence-electron chi connectivity index (χ0n) is 11.9. The van der Waals surface area contributed by atoms with Crippen LogP contribution in [0.25, 0.3) is 0 Å². The number of hydrogen-bond acceptors (Lipinski definition) is 3. The van der Waals surface area contributed by atoms with Gasteiger partial charge in [-0.1, -0.05) is 17.7 Å². The molecule has 2 N–H and O–H groups in total. The zero-order valence-corrected chi connectivity index (χ0v) is 13.5. The minimum Gasteiger partial charge on any atom is -0.494 e. The highest BCUT2D eigenvalue weighted by Gasteiger charge is 2.08. The Morgan fingerprint density at radius 2 is 1.95 bits per heavy atom. The highest BCUT2D eigenvalue weighted by molar-refractivity contribution is 7.80. The summed E-state index contributed by atoms with van der Waals surface area (Å²) in [5.41, 5.74) is 1.21. The van der Waals surface area contributed by atoms with Gasteiger partial charge in [0, 0.05) is 16.3 Å². The van der Waals surface area contributed by atoms with Gasteiger partial charge < -0.3 is 10.1 Å². The van der Waals surface area contributed by atoms with E-state index in [1.54, 1.807) is 48.5 Å². The van der Waals surface area contributed by atoms with Crippen LogP contribution in [0.5, 0.6) is 5.75 Å². The number of hydrogen-bond donors (Lipinski definition) is 2. The summed E-state index contributed by atoms with van der Waals surface area (Å²) in [6, 6.07) is 13.9. The van der Waals surface area contributed by atoms with E-state index in [1.807, 2.05) is 6.92 Å². The Morgan fingerprint density at radius 3 is 2.59 bits per heavy atom. The van der Waals surface area contributed by atoms with E-state index in [-0.39, 0.29) is 11.0 Å². The van der Waals surface area contributed by atoms with E-state index in [9.17, 15) is 4.79 Å². The lowest BCUT2D eigenvalue weighted by atomic mass is 10.2. The molecule has 2 rings (SSSR count). The molecular formula is C16H15ClN2O2S. The van der Waals surface area contributed by atoms with Crippen molar-refractivity contribution in [2.24, 2.45) is 0 Å². The molecule has 0 aliphatic rings. The van der Waals surface area contributed by atoms with E-state index >= 15 is 0 Å². The molecule has 2 aromatic rings. The second kappa shape index (κ2) is 7.77. The van der Waals surface area contributed by atoms with E-state index in [2.05, 4.69) is 10.6 Å². The molecule has 0 aliphatic carbocycles. The van der Waals surface area contributed by atoms with Crippen LogP contribution in [-0.2, 0) is 0 Å². The fourth-order valence-corrected chi connectivity index (χ4v) is 2.17. The summed E-state index contributed by atoms with van der Waals surface area (Å²) in [5, 5.41) is 6.32. The number of rotatable bonds is 4. The fraction of sp³-hybridized carbons (Fsp3) is 0.125. The number of amides is 1. The van der Waals surface area contributed by atoms with Crippen molar-refractivity contribution in [1.29, 1.82) is 0 Å². The van der Waals surface area contributed by atoms with Gasteiger partial charge >= 0.3 is 0 Å². The van der Waals surface area contributed by atoms with Gasteiger partial charge in [0.15, 0.2) is 5.11 Å². The molecule has 0 unspecified atom stereocenters. The number of halogens is 1. The average Bonchev–Trinajstić information content (AvgIpc) is 2.48. The van der Waals surface area contributed by atoms with Crippen molar-refractivity contribution in [3.63, 3.8) is 0 Å². The second-order valence-corrected chi connectivity index (χ2v) is 5.22. The Labute approximate surface area is 139 Å². The van der Waals surface area contributed by atoms with Crippen molar-refractivity contribution in [3.8, 4) is 5.75 Å². The van der Waals surface area contributed by atoms with E-state index in [0.717, 1.165) is 5.75 Å². The Bertz CT molecular complexity index is 674. The van der Waals surface area contributed by atoms with Crippen LogP contribution in [0.3, 0.4) is 0 Å². The van der Waals surface area contributed by atoms with Crippen molar-refractivity contribution in [2.75, 3.05) is 11.9 Å². The molecular weight excluding hydrogens is 320 g/mol. The third-order valence-electron chi connectivity index (χ3n) is 2.74. The molecule has 0 heterocycles. The van der Waals surface area contributed by atoms with Gasteiger partial charge in [-0.25, -0.2) is 0 Å². The first-order valence-electron chi connectivity index (χ1n) is 6.69. The first kappa shape index (κ1) is 16.3. The number of carbonyl (C=O) groups excluding carboxylic acids is 1. The molecule has 0 aliphatic heterocycles. The SMILES string of the molecule is CCOc1ccc(C(=O)NC(=S)Nc2cccc(Cl)c2)cc1. The average molecular weight is 335 g/mol. The van der Waals surface area contributed by atoms with Crippen molar-refractivity contribution in [3.05, 3.63) is 59.1 Å². The monoisotopic (exact) mass is 334 g/mol. The smallest absolute Gasteiger partial charge is 0.257 e. The Morgan fingerprint density at radius 1 is 1.23 bits per heavy atom. The van der Waals surface area contributed by atoms with Gasteiger partial charge in [-0.2, -0.15) is 0 Å². The Kier molecular flexibility index (Phi) is 5.75. The topological polar surface area (TPSA) is 50.4 Å². The molecule has 0 fully saturated rings. The second-order valence-electron chi connectivity index (χ2n) is 4.38. The molecule has 2 aromatic carbocycles. The summed E-state index contributed by atoms with van der Waals surface area (Å²) in [6.07, 6.45) is 0. The molecule has 0 aromatic heterocycles. The molecule has 4 nitrogen and oxygen atoms in total.